The van der Waals surface area contributed by atoms with E-state index >= 15 is 0 Å². The molecule has 0 fully saturated rings. The molecular weight excluding hydrogens is 220 g/mol. The molecule has 2 unspecified atom stereocenters. The van der Waals surface area contributed by atoms with Crippen molar-refractivity contribution in [1.29, 1.82) is 0 Å². The largest absolute Gasteiger partial charge is 0.481 e. The normalized spacial score (nSPS) is 23.8. The number of rotatable bonds is 2. The summed E-state index contributed by atoms with van der Waals surface area (Å²) in [6, 6.07) is 9.09. The summed E-state index contributed by atoms with van der Waals surface area (Å²) in [6.07, 6.45) is 1.68. The van der Waals surface area contributed by atoms with Gasteiger partial charge in [-0.05, 0) is 18.6 Å². The number of carbonyl (C=O) groups is 2. The van der Waals surface area contributed by atoms with Crippen molar-refractivity contribution < 1.29 is 19.4 Å². The number of allylic oxidation sites excluding steroid dienone is 2. The highest BCUT2D eigenvalue weighted by atomic mass is 16.5. The molecular formula is C13H12O4. The van der Waals surface area contributed by atoms with Crippen LogP contribution >= 0.6 is 0 Å². The topological polar surface area (TPSA) is 63.6 Å². The fourth-order valence-corrected chi connectivity index (χ4v) is 1.97. The first kappa shape index (κ1) is 11.4. The second-order valence-electron chi connectivity index (χ2n) is 3.95. The average Bonchev–Trinajstić information content (AvgIpc) is 2.28. The summed E-state index contributed by atoms with van der Waals surface area (Å²) in [6.45, 7) is 1.64. The second-order valence-corrected chi connectivity index (χ2v) is 3.95. The van der Waals surface area contributed by atoms with Gasteiger partial charge in [0.1, 0.15) is 5.76 Å². The zero-order valence-corrected chi connectivity index (χ0v) is 9.29. The molecule has 0 saturated heterocycles. The molecule has 4 heteroatoms. The van der Waals surface area contributed by atoms with Crippen LogP contribution in [-0.4, -0.2) is 17.0 Å². The number of hydrogen-bond acceptors (Lipinski definition) is 3. The minimum atomic E-state index is -1.17. The average molecular weight is 232 g/mol. The van der Waals surface area contributed by atoms with E-state index in [9.17, 15) is 9.59 Å². The fraction of sp³-hybridized carbons (Fsp3) is 0.231. The molecule has 1 aliphatic heterocycles. The van der Waals surface area contributed by atoms with Gasteiger partial charge in [-0.15, -0.1) is 0 Å². The van der Waals surface area contributed by atoms with Gasteiger partial charge in [-0.25, -0.2) is 0 Å². The lowest BCUT2D eigenvalue weighted by Gasteiger charge is -2.25. The van der Waals surface area contributed by atoms with Crippen LogP contribution < -0.4 is 0 Å². The highest BCUT2D eigenvalue weighted by Gasteiger charge is 2.39. The summed E-state index contributed by atoms with van der Waals surface area (Å²) in [7, 11) is 0. The minimum Gasteiger partial charge on any atom is -0.481 e. The summed E-state index contributed by atoms with van der Waals surface area (Å²) in [5, 5.41) is 9.10. The van der Waals surface area contributed by atoms with Crippen LogP contribution in [0.3, 0.4) is 0 Å². The van der Waals surface area contributed by atoms with Crippen molar-refractivity contribution in [3.05, 3.63) is 47.7 Å². The van der Waals surface area contributed by atoms with Crippen LogP contribution in [0.4, 0.5) is 0 Å². The van der Waals surface area contributed by atoms with Crippen molar-refractivity contribution >= 4 is 11.9 Å². The number of carbonyl (C=O) groups excluding carboxylic acids is 1. The van der Waals surface area contributed by atoms with E-state index in [2.05, 4.69) is 0 Å². The highest BCUT2D eigenvalue weighted by molar-refractivity contribution is 5.96. The Balaban J connectivity index is 2.44. The van der Waals surface area contributed by atoms with Crippen molar-refractivity contribution in [2.45, 2.75) is 12.8 Å². The molecule has 2 rings (SSSR count). The molecule has 1 N–H and O–H groups in total. The molecule has 88 valence electrons. The predicted octanol–water partition coefficient (Wildman–Crippen LogP) is 1.93. The molecule has 0 saturated carbocycles. The maximum absolute atomic E-state index is 11.6. The molecule has 1 aromatic carbocycles. The zero-order valence-electron chi connectivity index (χ0n) is 9.29. The molecule has 1 aromatic rings. The van der Waals surface area contributed by atoms with Gasteiger partial charge >= 0.3 is 11.9 Å². The quantitative estimate of drug-likeness (QED) is 0.625. The molecule has 0 radical (unpaired) electrons. The minimum absolute atomic E-state index is 0.446. The Hall–Kier alpha value is -2.10. The van der Waals surface area contributed by atoms with Gasteiger partial charge in [-0.3, -0.25) is 9.59 Å². The Morgan fingerprint density at radius 2 is 1.94 bits per heavy atom. The van der Waals surface area contributed by atoms with Crippen LogP contribution in [0.15, 0.2) is 42.2 Å². The smallest absolute Gasteiger partial charge is 0.326 e. The van der Waals surface area contributed by atoms with E-state index in [4.69, 9.17) is 9.84 Å². The number of aliphatic carboxylic acids is 1. The van der Waals surface area contributed by atoms with Crippen LogP contribution in [0.2, 0.25) is 0 Å². The number of benzene rings is 1. The Morgan fingerprint density at radius 1 is 1.29 bits per heavy atom. The van der Waals surface area contributed by atoms with E-state index in [1.54, 1.807) is 13.0 Å². The van der Waals surface area contributed by atoms with E-state index in [0.29, 0.717) is 5.76 Å². The Morgan fingerprint density at radius 3 is 2.53 bits per heavy atom. The molecule has 0 spiro atoms. The third kappa shape index (κ3) is 2.20. The molecule has 0 aromatic heterocycles. The first-order chi connectivity index (χ1) is 8.09. The predicted molar refractivity (Wildman–Crippen MR) is 60.2 cm³/mol. The van der Waals surface area contributed by atoms with Crippen LogP contribution in [0.5, 0.6) is 0 Å². The van der Waals surface area contributed by atoms with Gasteiger partial charge in [-0.1, -0.05) is 30.3 Å². The maximum Gasteiger partial charge on any atom is 0.326 e. The summed E-state index contributed by atoms with van der Waals surface area (Å²) in [5.74, 6) is -3.05. The highest BCUT2D eigenvalue weighted by Crippen LogP contribution is 2.32. The Bertz CT molecular complexity index is 475. The summed E-state index contributed by atoms with van der Waals surface area (Å²) in [5.41, 5.74) is 0.802. The molecule has 0 aliphatic carbocycles. The van der Waals surface area contributed by atoms with Crippen LogP contribution in [0, 0.1) is 5.92 Å². The first-order valence-corrected chi connectivity index (χ1v) is 5.27. The summed E-state index contributed by atoms with van der Waals surface area (Å²) < 4.78 is 4.85. The lowest BCUT2D eigenvalue weighted by molar-refractivity contribution is -0.157. The van der Waals surface area contributed by atoms with Crippen molar-refractivity contribution in [2.24, 2.45) is 5.92 Å². The fourth-order valence-electron chi connectivity index (χ4n) is 1.97. The third-order valence-electron chi connectivity index (χ3n) is 2.74. The molecule has 17 heavy (non-hydrogen) atoms. The zero-order chi connectivity index (χ0) is 12.4. The number of esters is 1. The standard InChI is InChI=1S/C13H12O4/c1-8-7-10(9-5-3-2-4-6-9)11(12(14)15)13(16)17-8/h2-7,10-11H,1H3,(H,14,15). The molecule has 0 bridgehead atoms. The van der Waals surface area contributed by atoms with Crippen LogP contribution in [-0.2, 0) is 14.3 Å². The van der Waals surface area contributed by atoms with Crippen molar-refractivity contribution in [1.82, 2.24) is 0 Å². The van der Waals surface area contributed by atoms with Crippen molar-refractivity contribution in [2.75, 3.05) is 0 Å². The van der Waals surface area contributed by atoms with Gasteiger partial charge in [0.25, 0.3) is 0 Å². The number of carboxylic acid groups (broad SMARTS) is 1. The second kappa shape index (κ2) is 4.41. The van der Waals surface area contributed by atoms with E-state index in [1.807, 2.05) is 30.3 Å². The van der Waals surface area contributed by atoms with E-state index < -0.39 is 23.8 Å². The van der Waals surface area contributed by atoms with Gasteiger partial charge in [0, 0.05) is 5.92 Å². The monoisotopic (exact) mass is 232 g/mol. The SMILES string of the molecule is CC1=CC(c2ccccc2)C(C(=O)O)C(=O)O1. The van der Waals surface area contributed by atoms with Crippen molar-refractivity contribution in [3.63, 3.8) is 0 Å². The molecule has 4 nitrogen and oxygen atoms in total. The van der Waals surface area contributed by atoms with Gasteiger partial charge in [0.15, 0.2) is 5.92 Å². The van der Waals surface area contributed by atoms with E-state index in [-0.39, 0.29) is 0 Å². The number of hydrogen-bond donors (Lipinski definition) is 1. The lowest BCUT2D eigenvalue weighted by atomic mass is 9.84. The maximum atomic E-state index is 11.6. The van der Waals surface area contributed by atoms with Crippen LogP contribution in [0.1, 0.15) is 18.4 Å². The Kier molecular flexibility index (Phi) is 2.95. The van der Waals surface area contributed by atoms with Gasteiger partial charge < -0.3 is 9.84 Å². The molecule has 0 amide bonds. The molecule has 2 atom stereocenters. The molecule has 1 heterocycles. The molecule has 1 aliphatic rings. The van der Waals surface area contributed by atoms with Crippen molar-refractivity contribution in [3.8, 4) is 0 Å². The number of carboxylic acids is 1. The summed E-state index contributed by atoms with van der Waals surface area (Å²) >= 11 is 0. The Labute approximate surface area is 98.5 Å². The van der Waals surface area contributed by atoms with Crippen LogP contribution in [0.25, 0.3) is 0 Å². The van der Waals surface area contributed by atoms with Gasteiger partial charge in [0.05, 0.1) is 0 Å². The van der Waals surface area contributed by atoms with E-state index in [0.717, 1.165) is 5.56 Å². The number of ether oxygens (including phenoxy) is 1. The van der Waals surface area contributed by atoms with E-state index in [1.165, 1.54) is 0 Å². The third-order valence-corrected chi connectivity index (χ3v) is 2.74. The van der Waals surface area contributed by atoms with Gasteiger partial charge in [-0.2, -0.15) is 0 Å². The lowest BCUT2D eigenvalue weighted by Crippen LogP contribution is -2.33. The number of cyclic esters (lactones) is 1. The van der Waals surface area contributed by atoms with Gasteiger partial charge in [0.2, 0.25) is 0 Å². The summed E-state index contributed by atoms with van der Waals surface area (Å²) in [4.78, 5) is 22.7. The first-order valence-electron chi connectivity index (χ1n) is 5.27.